The lowest BCUT2D eigenvalue weighted by molar-refractivity contribution is -0.128. The molecule has 0 aromatic rings. The molecule has 1 fully saturated rings. The molecule has 1 aliphatic rings. The third kappa shape index (κ3) is 2.61. The van der Waals surface area contributed by atoms with Crippen molar-refractivity contribution in [1.82, 2.24) is 4.90 Å². The molecule has 0 radical (unpaired) electrons. The predicted octanol–water partition coefficient (Wildman–Crippen LogP) is 1.66. The second-order valence-corrected chi connectivity index (χ2v) is 4.04. The lowest BCUT2D eigenvalue weighted by Gasteiger charge is -2.24. The standard InChI is InChI=1S/C13H19NO2/c1-4-6-10(2)11(3)13(16)14-8-5-7-12(14)9-15/h4,6,12,15H,1,3,5,7-9H2,2H3/b10-6-. The monoisotopic (exact) mass is 221 g/mol. The van der Waals surface area contributed by atoms with Gasteiger partial charge in [0.2, 0.25) is 0 Å². The van der Waals surface area contributed by atoms with E-state index in [1.807, 2.05) is 6.92 Å². The Morgan fingerprint density at radius 2 is 2.31 bits per heavy atom. The Labute approximate surface area is 96.8 Å². The van der Waals surface area contributed by atoms with E-state index in [-0.39, 0.29) is 18.6 Å². The number of likely N-dealkylation sites (tertiary alicyclic amines) is 1. The normalized spacial score (nSPS) is 21.0. The summed E-state index contributed by atoms with van der Waals surface area (Å²) in [6.45, 7) is 9.97. The summed E-state index contributed by atoms with van der Waals surface area (Å²) in [6.07, 6.45) is 5.24. The number of carbonyl (C=O) groups is 1. The van der Waals surface area contributed by atoms with Gasteiger partial charge in [-0.05, 0) is 25.3 Å². The van der Waals surface area contributed by atoms with Crippen LogP contribution in [0, 0.1) is 0 Å². The van der Waals surface area contributed by atoms with Crippen LogP contribution < -0.4 is 0 Å². The third-order valence-electron chi connectivity index (χ3n) is 2.95. The van der Waals surface area contributed by atoms with Crippen LogP contribution in [0.25, 0.3) is 0 Å². The van der Waals surface area contributed by atoms with Crippen molar-refractivity contribution >= 4 is 5.91 Å². The van der Waals surface area contributed by atoms with E-state index >= 15 is 0 Å². The lowest BCUT2D eigenvalue weighted by atomic mass is 10.1. The molecule has 1 unspecified atom stereocenters. The minimum absolute atomic E-state index is 0.0310. The molecule has 0 spiro atoms. The second kappa shape index (κ2) is 5.66. The molecule has 1 N–H and O–H groups in total. The summed E-state index contributed by atoms with van der Waals surface area (Å²) in [5, 5.41) is 9.15. The van der Waals surface area contributed by atoms with Crippen molar-refractivity contribution < 1.29 is 9.90 Å². The quantitative estimate of drug-likeness (QED) is 0.579. The molecule has 0 aromatic heterocycles. The molecule has 1 heterocycles. The number of aliphatic hydroxyl groups is 1. The van der Waals surface area contributed by atoms with Gasteiger partial charge >= 0.3 is 0 Å². The van der Waals surface area contributed by atoms with Crippen molar-refractivity contribution in [3.05, 3.63) is 36.5 Å². The molecular weight excluding hydrogens is 202 g/mol. The van der Waals surface area contributed by atoms with Gasteiger partial charge in [-0.1, -0.05) is 25.3 Å². The molecule has 0 saturated carbocycles. The molecule has 1 saturated heterocycles. The Morgan fingerprint density at radius 3 is 2.88 bits per heavy atom. The Bertz CT molecular complexity index is 331. The van der Waals surface area contributed by atoms with Crippen LogP contribution in [-0.4, -0.2) is 35.1 Å². The Balaban J connectivity index is 2.74. The van der Waals surface area contributed by atoms with Gasteiger partial charge in [0.15, 0.2) is 0 Å². The summed E-state index contributed by atoms with van der Waals surface area (Å²) < 4.78 is 0. The smallest absolute Gasteiger partial charge is 0.253 e. The Hall–Kier alpha value is -1.35. The highest BCUT2D eigenvalue weighted by molar-refractivity contribution is 5.97. The van der Waals surface area contributed by atoms with Crippen molar-refractivity contribution in [3.63, 3.8) is 0 Å². The first-order valence-electron chi connectivity index (χ1n) is 5.52. The molecule has 3 heteroatoms. The van der Waals surface area contributed by atoms with Crippen LogP contribution in [0.2, 0.25) is 0 Å². The lowest BCUT2D eigenvalue weighted by Crippen LogP contribution is -2.38. The average Bonchev–Trinajstić information content (AvgIpc) is 2.75. The molecule has 0 bridgehead atoms. The molecule has 16 heavy (non-hydrogen) atoms. The van der Waals surface area contributed by atoms with E-state index in [4.69, 9.17) is 5.11 Å². The van der Waals surface area contributed by atoms with Gasteiger partial charge in [-0.2, -0.15) is 0 Å². The van der Waals surface area contributed by atoms with Gasteiger partial charge < -0.3 is 10.0 Å². The van der Waals surface area contributed by atoms with E-state index in [0.29, 0.717) is 12.1 Å². The molecule has 0 aromatic carbocycles. The van der Waals surface area contributed by atoms with E-state index in [0.717, 1.165) is 18.4 Å². The van der Waals surface area contributed by atoms with Gasteiger partial charge in [-0.15, -0.1) is 0 Å². The number of amides is 1. The number of hydrogen-bond acceptors (Lipinski definition) is 2. The average molecular weight is 221 g/mol. The number of aliphatic hydroxyl groups excluding tert-OH is 1. The van der Waals surface area contributed by atoms with Gasteiger partial charge in [0.25, 0.3) is 5.91 Å². The maximum Gasteiger partial charge on any atom is 0.253 e. The molecule has 1 amide bonds. The number of allylic oxidation sites excluding steroid dienone is 2. The fraction of sp³-hybridized carbons (Fsp3) is 0.462. The summed E-state index contributed by atoms with van der Waals surface area (Å²) in [5.41, 5.74) is 1.31. The Morgan fingerprint density at radius 1 is 1.62 bits per heavy atom. The van der Waals surface area contributed by atoms with Crippen LogP contribution in [-0.2, 0) is 4.79 Å². The van der Waals surface area contributed by atoms with Crippen molar-refractivity contribution in [2.45, 2.75) is 25.8 Å². The van der Waals surface area contributed by atoms with Crippen molar-refractivity contribution in [2.75, 3.05) is 13.2 Å². The summed E-state index contributed by atoms with van der Waals surface area (Å²) in [6, 6.07) is -0.0409. The van der Waals surface area contributed by atoms with Gasteiger partial charge in [-0.25, -0.2) is 0 Å². The highest BCUT2D eigenvalue weighted by Crippen LogP contribution is 2.21. The number of carbonyl (C=O) groups excluding carboxylic acids is 1. The van der Waals surface area contributed by atoms with Crippen LogP contribution in [0.1, 0.15) is 19.8 Å². The summed E-state index contributed by atoms with van der Waals surface area (Å²) in [4.78, 5) is 13.8. The van der Waals surface area contributed by atoms with E-state index in [1.54, 1.807) is 17.1 Å². The first kappa shape index (κ1) is 12.7. The fourth-order valence-electron chi connectivity index (χ4n) is 1.91. The summed E-state index contributed by atoms with van der Waals surface area (Å²) in [7, 11) is 0. The second-order valence-electron chi connectivity index (χ2n) is 4.04. The summed E-state index contributed by atoms with van der Waals surface area (Å²) in [5.74, 6) is -0.0767. The number of hydrogen-bond donors (Lipinski definition) is 1. The molecule has 1 atom stereocenters. The van der Waals surface area contributed by atoms with E-state index in [9.17, 15) is 4.79 Å². The minimum Gasteiger partial charge on any atom is -0.394 e. The van der Waals surface area contributed by atoms with Gasteiger partial charge in [0.1, 0.15) is 0 Å². The van der Waals surface area contributed by atoms with Crippen LogP contribution >= 0.6 is 0 Å². The zero-order chi connectivity index (χ0) is 12.1. The van der Waals surface area contributed by atoms with Crippen molar-refractivity contribution in [2.24, 2.45) is 0 Å². The highest BCUT2D eigenvalue weighted by Gasteiger charge is 2.29. The van der Waals surface area contributed by atoms with Gasteiger partial charge in [0.05, 0.1) is 12.6 Å². The summed E-state index contributed by atoms with van der Waals surface area (Å²) >= 11 is 0. The molecule has 1 rings (SSSR count). The highest BCUT2D eigenvalue weighted by atomic mass is 16.3. The van der Waals surface area contributed by atoms with Crippen LogP contribution in [0.15, 0.2) is 36.5 Å². The fourth-order valence-corrected chi connectivity index (χ4v) is 1.91. The number of rotatable bonds is 4. The Kier molecular flexibility index (Phi) is 4.50. The van der Waals surface area contributed by atoms with Crippen LogP contribution in [0.3, 0.4) is 0 Å². The first-order chi connectivity index (χ1) is 7.61. The van der Waals surface area contributed by atoms with Gasteiger partial charge in [-0.3, -0.25) is 4.79 Å². The third-order valence-corrected chi connectivity index (χ3v) is 2.95. The molecule has 1 aliphatic heterocycles. The van der Waals surface area contributed by atoms with E-state index in [1.165, 1.54) is 0 Å². The molecule has 0 aliphatic carbocycles. The SMILES string of the molecule is C=C/C=C(/C)C(=C)C(=O)N1CCCC1CO. The topological polar surface area (TPSA) is 40.5 Å². The van der Waals surface area contributed by atoms with E-state index < -0.39 is 0 Å². The zero-order valence-corrected chi connectivity index (χ0v) is 9.78. The molecule has 88 valence electrons. The van der Waals surface area contributed by atoms with E-state index in [2.05, 4.69) is 13.2 Å². The molecule has 3 nitrogen and oxygen atoms in total. The van der Waals surface area contributed by atoms with Crippen LogP contribution in [0.4, 0.5) is 0 Å². The van der Waals surface area contributed by atoms with Crippen molar-refractivity contribution in [1.29, 1.82) is 0 Å². The van der Waals surface area contributed by atoms with Crippen LogP contribution in [0.5, 0.6) is 0 Å². The maximum absolute atomic E-state index is 12.1. The largest absolute Gasteiger partial charge is 0.394 e. The number of nitrogens with zero attached hydrogens (tertiary/aromatic N) is 1. The zero-order valence-electron chi connectivity index (χ0n) is 9.78. The van der Waals surface area contributed by atoms with Crippen molar-refractivity contribution in [3.8, 4) is 0 Å². The first-order valence-corrected chi connectivity index (χ1v) is 5.52. The molecular formula is C13H19NO2. The van der Waals surface area contributed by atoms with Gasteiger partial charge in [0, 0.05) is 12.1 Å². The predicted molar refractivity (Wildman–Crippen MR) is 64.9 cm³/mol. The minimum atomic E-state index is -0.0767. The maximum atomic E-state index is 12.1.